The van der Waals surface area contributed by atoms with Crippen LogP contribution in [-0.4, -0.2) is 59.3 Å². The van der Waals surface area contributed by atoms with Crippen LogP contribution >= 0.6 is 0 Å². The lowest BCUT2D eigenvalue weighted by Gasteiger charge is -2.35. The maximum absolute atomic E-state index is 13.3. The van der Waals surface area contributed by atoms with E-state index in [1.807, 2.05) is 4.90 Å². The molecule has 2 heterocycles. The molecular weight excluding hydrogens is 356 g/mol. The zero-order valence-electron chi connectivity index (χ0n) is 17.0. The van der Waals surface area contributed by atoms with Crippen LogP contribution in [0.1, 0.15) is 86.7 Å². The summed E-state index contributed by atoms with van der Waals surface area (Å²) in [7, 11) is 0. The first kappa shape index (κ1) is 20.8. The van der Waals surface area contributed by atoms with Gasteiger partial charge < -0.3 is 15.0 Å². The van der Waals surface area contributed by atoms with Crippen molar-refractivity contribution in [1.82, 2.24) is 20.4 Å². The van der Waals surface area contributed by atoms with E-state index in [1.165, 1.54) is 19.3 Å². The summed E-state index contributed by atoms with van der Waals surface area (Å²) in [4.78, 5) is 27.4. The molecule has 0 bridgehead atoms. The van der Waals surface area contributed by atoms with Crippen LogP contribution in [0.15, 0.2) is 6.20 Å². The van der Waals surface area contributed by atoms with Crippen molar-refractivity contribution >= 4 is 11.8 Å². The summed E-state index contributed by atoms with van der Waals surface area (Å²) in [5.74, 6) is 0.349. The molecule has 1 saturated heterocycles. The summed E-state index contributed by atoms with van der Waals surface area (Å²) in [6.45, 7) is 4.27. The number of H-pyrrole nitrogens is 1. The van der Waals surface area contributed by atoms with Crippen molar-refractivity contribution in [3.05, 3.63) is 17.5 Å². The minimum Gasteiger partial charge on any atom is -0.377 e. The van der Waals surface area contributed by atoms with Crippen LogP contribution in [0, 0.1) is 0 Å². The van der Waals surface area contributed by atoms with Gasteiger partial charge in [-0.3, -0.25) is 14.7 Å². The average molecular weight is 391 g/mol. The molecular formula is C21H34N4O3. The third-order valence-electron chi connectivity index (χ3n) is 5.92. The minimum absolute atomic E-state index is 0.0101. The molecule has 0 spiro atoms. The van der Waals surface area contributed by atoms with Gasteiger partial charge in [0.25, 0.3) is 5.91 Å². The standard InChI is InChI=1S/C21H34N4O3/c1-2-3-7-10-22-19(26)13-17-15-28-12-11-25(17)21(27)18-14-23-24-20(18)16-8-5-4-6-9-16/h14,16-17H,2-13,15H2,1H3,(H,22,26)(H,23,24). The summed E-state index contributed by atoms with van der Waals surface area (Å²) < 4.78 is 5.57. The van der Waals surface area contributed by atoms with E-state index in [2.05, 4.69) is 22.4 Å². The van der Waals surface area contributed by atoms with E-state index >= 15 is 0 Å². The highest BCUT2D eigenvalue weighted by Gasteiger charge is 2.33. The second kappa shape index (κ2) is 10.6. The Morgan fingerprint density at radius 3 is 2.89 bits per heavy atom. The summed E-state index contributed by atoms with van der Waals surface area (Å²) >= 11 is 0. The molecule has 7 nitrogen and oxygen atoms in total. The molecule has 7 heteroatoms. The minimum atomic E-state index is -0.221. The number of hydrogen-bond acceptors (Lipinski definition) is 4. The molecule has 1 aromatic rings. The predicted octanol–water partition coefficient (Wildman–Crippen LogP) is 2.99. The SMILES string of the molecule is CCCCCNC(=O)CC1COCCN1C(=O)c1cn[nH]c1C1CCCCC1. The first-order chi connectivity index (χ1) is 13.7. The number of nitrogens with one attached hydrogen (secondary N) is 2. The summed E-state index contributed by atoms with van der Waals surface area (Å²) in [6.07, 6.45) is 11.1. The lowest BCUT2D eigenvalue weighted by atomic mass is 9.85. The third-order valence-corrected chi connectivity index (χ3v) is 5.92. The number of amides is 2. The quantitative estimate of drug-likeness (QED) is 0.668. The molecule has 0 radical (unpaired) electrons. The summed E-state index contributed by atoms with van der Waals surface area (Å²) in [5.41, 5.74) is 1.64. The van der Waals surface area contributed by atoms with Crippen LogP contribution < -0.4 is 5.32 Å². The second-order valence-corrected chi connectivity index (χ2v) is 8.02. The van der Waals surface area contributed by atoms with Crippen molar-refractivity contribution in [3.8, 4) is 0 Å². The molecule has 156 valence electrons. The van der Waals surface area contributed by atoms with Gasteiger partial charge in [-0.1, -0.05) is 39.0 Å². The van der Waals surface area contributed by atoms with Gasteiger partial charge in [-0.25, -0.2) is 0 Å². The molecule has 1 saturated carbocycles. The molecule has 0 aromatic carbocycles. The molecule has 1 aromatic heterocycles. The number of carbonyl (C=O) groups is 2. The Hall–Kier alpha value is -1.89. The highest BCUT2D eigenvalue weighted by molar-refractivity contribution is 5.96. The topological polar surface area (TPSA) is 87.3 Å². The van der Waals surface area contributed by atoms with E-state index in [-0.39, 0.29) is 24.3 Å². The number of ether oxygens (including phenoxy) is 1. The van der Waals surface area contributed by atoms with Crippen LogP contribution in [-0.2, 0) is 9.53 Å². The normalized spacial score (nSPS) is 20.9. The zero-order valence-corrected chi connectivity index (χ0v) is 17.0. The van der Waals surface area contributed by atoms with Crippen molar-refractivity contribution in [1.29, 1.82) is 0 Å². The van der Waals surface area contributed by atoms with Gasteiger partial charge in [0.1, 0.15) is 0 Å². The fourth-order valence-electron chi connectivity index (χ4n) is 4.30. The third kappa shape index (κ3) is 5.34. The maximum atomic E-state index is 13.3. The number of aromatic amines is 1. The predicted molar refractivity (Wildman–Crippen MR) is 107 cm³/mol. The highest BCUT2D eigenvalue weighted by Crippen LogP contribution is 2.33. The number of carbonyl (C=O) groups excluding carboxylic acids is 2. The molecule has 1 atom stereocenters. The van der Waals surface area contributed by atoms with E-state index in [9.17, 15) is 9.59 Å². The number of aromatic nitrogens is 2. The van der Waals surface area contributed by atoms with Gasteiger partial charge in [0.05, 0.1) is 36.7 Å². The van der Waals surface area contributed by atoms with Gasteiger partial charge in [-0.2, -0.15) is 5.10 Å². The van der Waals surface area contributed by atoms with Crippen molar-refractivity contribution < 1.29 is 14.3 Å². The first-order valence-corrected chi connectivity index (χ1v) is 10.9. The maximum Gasteiger partial charge on any atom is 0.257 e. The lowest BCUT2D eigenvalue weighted by molar-refractivity contribution is -0.123. The van der Waals surface area contributed by atoms with E-state index < -0.39 is 0 Å². The van der Waals surface area contributed by atoms with Crippen LogP contribution in [0.4, 0.5) is 0 Å². The van der Waals surface area contributed by atoms with E-state index in [0.29, 0.717) is 37.8 Å². The summed E-state index contributed by atoms with van der Waals surface area (Å²) in [6, 6.07) is -0.221. The largest absolute Gasteiger partial charge is 0.377 e. The Morgan fingerprint density at radius 1 is 1.29 bits per heavy atom. The fourth-order valence-corrected chi connectivity index (χ4v) is 4.30. The number of nitrogens with zero attached hydrogens (tertiary/aromatic N) is 2. The van der Waals surface area contributed by atoms with Crippen LogP contribution in [0.3, 0.4) is 0 Å². The van der Waals surface area contributed by atoms with Crippen LogP contribution in [0.5, 0.6) is 0 Å². The molecule has 1 aliphatic carbocycles. The van der Waals surface area contributed by atoms with Gasteiger partial charge >= 0.3 is 0 Å². The van der Waals surface area contributed by atoms with E-state index in [1.54, 1.807) is 6.20 Å². The van der Waals surface area contributed by atoms with Crippen molar-refractivity contribution in [3.63, 3.8) is 0 Å². The van der Waals surface area contributed by atoms with Gasteiger partial charge in [-0.05, 0) is 19.3 Å². The molecule has 1 unspecified atom stereocenters. The lowest BCUT2D eigenvalue weighted by Crippen LogP contribution is -2.50. The number of rotatable bonds is 8. The van der Waals surface area contributed by atoms with Gasteiger partial charge in [-0.15, -0.1) is 0 Å². The van der Waals surface area contributed by atoms with E-state index in [0.717, 1.165) is 37.8 Å². The zero-order chi connectivity index (χ0) is 19.8. The Kier molecular flexibility index (Phi) is 7.89. The molecule has 2 fully saturated rings. The molecule has 2 amide bonds. The fraction of sp³-hybridized carbons (Fsp3) is 0.762. The highest BCUT2D eigenvalue weighted by atomic mass is 16.5. The van der Waals surface area contributed by atoms with Gasteiger partial charge in [0.15, 0.2) is 0 Å². The molecule has 1 aliphatic heterocycles. The van der Waals surface area contributed by atoms with Crippen molar-refractivity contribution in [2.45, 2.75) is 76.7 Å². The van der Waals surface area contributed by atoms with Gasteiger partial charge in [0.2, 0.25) is 5.91 Å². The molecule has 3 rings (SSSR count). The Labute approximate surface area is 167 Å². The van der Waals surface area contributed by atoms with Crippen molar-refractivity contribution in [2.75, 3.05) is 26.3 Å². The van der Waals surface area contributed by atoms with Crippen LogP contribution in [0.25, 0.3) is 0 Å². The number of morpholine rings is 1. The summed E-state index contributed by atoms with van der Waals surface area (Å²) in [5, 5.41) is 10.2. The smallest absolute Gasteiger partial charge is 0.257 e. The molecule has 28 heavy (non-hydrogen) atoms. The second-order valence-electron chi connectivity index (χ2n) is 8.02. The van der Waals surface area contributed by atoms with E-state index in [4.69, 9.17) is 4.74 Å². The first-order valence-electron chi connectivity index (χ1n) is 10.9. The average Bonchev–Trinajstić information content (AvgIpc) is 3.22. The van der Waals surface area contributed by atoms with Gasteiger partial charge in [0, 0.05) is 25.4 Å². The molecule has 2 N–H and O–H groups in total. The Bertz CT molecular complexity index is 639. The monoisotopic (exact) mass is 390 g/mol. The van der Waals surface area contributed by atoms with Crippen molar-refractivity contribution in [2.24, 2.45) is 0 Å². The number of hydrogen-bond donors (Lipinski definition) is 2. The number of unbranched alkanes of at least 4 members (excludes halogenated alkanes) is 2. The molecule has 2 aliphatic rings. The Balaban J connectivity index is 1.63. The van der Waals surface area contributed by atoms with Crippen LogP contribution in [0.2, 0.25) is 0 Å². The Morgan fingerprint density at radius 2 is 2.11 bits per heavy atom.